The van der Waals surface area contributed by atoms with Gasteiger partial charge in [-0.15, -0.1) is 0 Å². The van der Waals surface area contributed by atoms with Gasteiger partial charge >= 0.3 is 5.97 Å². The number of esters is 1. The van der Waals surface area contributed by atoms with Crippen molar-refractivity contribution < 1.29 is 29.0 Å². The number of carbonyl (C=O) groups excluding carboxylic acids is 3. The smallest absolute Gasteiger partial charge is 0.338 e. The van der Waals surface area contributed by atoms with Crippen molar-refractivity contribution in [3.05, 3.63) is 106 Å². The summed E-state index contributed by atoms with van der Waals surface area (Å²) >= 11 is 0. The van der Waals surface area contributed by atoms with Crippen molar-refractivity contribution in [3.8, 4) is 5.75 Å². The third kappa shape index (κ3) is 5.62. The van der Waals surface area contributed by atoms with Gasteiger partial charge in [0.2, 0.25) is 0 Å². The van der Waals surface area contributed by atoms with Crippen molar-refractivity contribution in [1.29, 1.82) is 0 Å². The molecular formula is C31H31NO6. The summed E-state index contributed by atoms with van der Waals surface area (Å²) in [4.78, 5) is 40.1. The minimum Gasteiger partial charge on any atom is -0.507 e. The Morgan fingerprint density at radius 3 is 2.24 bits per heavy atom. The van der Waals surface area contributed by atoms with E-state index in [1.165, 1.54) is 4.90 Å². The Kier molecular flexibility index (Phi) is 7.96. The predicted molar refractivity (Wildman–Crippen MR) is 144 cm³/mol. The van der Waals surface area contributed by atoms with E-state index in [0.29, 0.717) is 22.4 Å². The minimum absolute atomic E-state index is 0.00699. The highest BCUT2D eigenvalue weighted by Gasteiger charge is 2.46. The fourth-order valence-electron chi connectivity index (χ4n) is 4.51. The van der Waals surface area contributed by atoms with E-state index in [2.05, 4.69) is 0 Å². The molecule has 3 aromatic carbocycles. The number of Topliss-reactive ketones (excluding diaryl/α,β-unsaturated/α-hetero) is 1. The number of rotatable bonds is 8. The van der Waals surface area contributed by atoms with Crippen LogP contribution >= 0.6 is 0 Å². The van der Waals surface area contributed by atoms with Gasteiger partial charge in [0.25, 0.3) is 11.7 Å². The van der Waals surface area contributed by atoms with Crippen LogP contribution in [-0.4, -0.2) is 40.4 Å². The first-order valence-corrected chi connectivity index (χ1v) is 12.6. The SMILES string of the molecule is CCOC(=O)c1ccc(CN2C(=O)C(=O)/C(=C(/O)c3ccc(OC(C)C)cc3)C2c2cccc(C)c2)cc1. The molecule has 3 aromatic rings. The maximum absolute atomic E-state index is 13.3. The summed E-state index contributed by atoms with van der Waals surface area (Å²) in [5, 5.41) is 11.3. The zero-order valence-electron chi connectivity index (χ0n) is 21.9. The highest BCUT2D eigenvalue weighted by Crippen LogP contribution is 2.40. The van der Waals surface area contributed by atoms with Crippen LogP contribution in [0, 0.1) is 6.92 Å². The third-order valence-corrected chi connectivity index (χ3v) is 6.22. The number of aliphatic hydroxyl groups is 1. The number of benzene rings is 3. The minimum atomic E-state index is -0.786. The average molecular weight is 514 g/mol. The molecule has 0 radical (unpaired) electrons. The van der Waals surface area contributed by atoms with Crippen LogP contribution in [0.2, 0.25) is 0 Å². The quantitative estimate of drug-likeness (QED) is 0.183. The maximum atomic E-state index is 13.3. The van der Waals surface area contributed by atoms with Crippen molar-refractivity contribution >= 4 is 23.4 Å². The highest BCUT2D eigenvalue weighted by molar-refractivity contribution is 6.46. The number of carbonyl (C=O) groups is 3. The Hall–Kier alpha value is -4.39. The molecule has 1 N–H and O–H groups in total. The van der Waals surface area contributed by atoms with E-state index in [1.807, 2.05) is 45.0 Å². The number of likely N-dealkylation sites (tertiary alicyclic amines) is 1. The summed E-state index contributed by atoms with van der Waals surface area (Å²) in [5.41, 5.74) is 3.25. The van der Waals surface area contributed by atoms with E-state index in [4.69, 9.17) is 9.47 Å². The standard InChI is InChI=1S/C31H31NO6/c1-5-37-31(36)23-11-9-21(10-12-23)18-32-27(24-8-6-7-20(4)17-24)26(29(34)30(32)35)28(33)22-13-15-25(16-14-22)38-19(2)3/h6-17,19,27,33H,5,18H2,1-4H3/b28-26+. The van der Waals surface area contributed by atoms with Crippen molar-refractivity contribution in [2.75, 3.05) is 6.61 Å². The summed E-state index contributed by atoms with van der Waals surface area (Å²) < 4.78 is 10.7. The summed E-state index contributed by atoms with van der Waals surface area (Å²) in [6.07, 6.45) is -0.00699. The van der Waals surface area contributed by atoms with Gasteiger partial charge < -0.3 is 19.5 Å². The van der Waals surface area contributed by atoms with Crippen LogP contribution in [0.3, 0.4) is 0 Å². The molecule has 1 aliphatic rings. The van der Waals surface area contributed by atoms with Crippen molar-refractivity contribution in [2.24, 2.45) is 0 Å². The number of nitrogens with zero attached hydrogens (tertiary/aromatic N) is 1. The lowest BCUT2D eigenvalue weighted by atomic mass is 9.94. The highest BCUT2D eigenvalue weighted by atomic mass is 16.5. The van der Waals surface area contributed by atoms with E-state index < -0.39 is 23.7 Å². The molecular weight excluding hydrogens is 482 g/mol. The molecule has 4 rings (SSSR count). The van der Waals surface area contributed by atoms with Gasteiger partial charge in [0, 0.05) is 12.1 Å². The Morgan fingerprint density at radius 2 is 1.63 bits per heavy atom. The lowest BCUT2D eigenvalue weighted by Crippen LogP contribution is -2.29. The second kappa shape index (κ2) is 11.3. The third-order valence-electron chi connectivity index (χ3n) is 6.22. The fourth-order valence-corrected chi connectivity index (χ4v) is 4.51. The van der Waals surface area contributed by atoms with Gasteiger partial charge in [0.1, 0.15) is 11.5 Å². The molecule has 1 unspecified atom stereocenters. The van der Waals surface area contributed by atoms with E-state index in [1.54, 1.807) is 55.5 Å². The molecule has 1 heterocycles. The monoisotopic (exact) mass is 513 g/mol. The predicted octanol–water partition coefficient (Wildman–Crippen LogP) is 5.58. The molecule has 0 aliphatic carbocycles. The molecule has 7 nitrogen and oxygen atoms in total. The topological polar surface area (TPSA) is 93.1 Å². The van der Waals surface area contributed by atoms with Gasteiger partial charge in [-0.05, 0) is 75.2 Å². The molecule has 1 atom stereocenters. The van der Waals surface area contributed by atoms with Crippen LogP contribution in [0.5, 0.6) is 5.75 Å². The van der Waals surface area contributed by atoms with Gasteiger partial charge in [0.05, 0.1) is 29.9 Å². The van der Waals surface area contributed by atoms with Crippen molar-refractivity contribution in [2.45, 2.75) is 46.4 Å². The van der Waals surface area contributed by atoms with Crippen LogP contribution < -0.4 is 4.74 Å². The number of hydrogen-bond donors (Lipinski definition) is 1. The normalized spacial score (nSPS) is 16.7. The molecule has 38 heavy (non-hydrogen) atoms. The first-order chi connectivity index (χ1) is 18.2. The Morgan fingerprint density at radius 1 is 0.974 bits per heavy atom. The van der Waals surface area contributed by atoms with Crippen molar-refractivity contribution in [1.82, 2.24) is 4.90 Å². The molecule has 0 saturated carbocycles. The molecule has 0 bridgehead atoms. The molecule has 0 spiro atoms. The van der Waals surface area contributed by atoms with Crippen LogP contribution in [0.4, 0.5) is 0 Å². The number of hydrogen-bond acceptors (Lipinski definition) is 6. The number of ether oxygens (including phenoxy) is 2. The number of amides is 1. The van der Waals surface area contributed by atoms with Crippen molar-refractivity contribution in [3.63, 3.8) is 0 Å². The van der Waals surface area contributed by atoms with Crippen LogP contribution in [0.1, 0.15) is 59.4 Å². The van der Waals surface area contributed by atoms with Gasteiger partial charge in [-0.25, -0.2) is 4.79 Å². The molecule has 0 aromatic heterocycles. The number of aryl methyl sites for hydroxylation is 1. The van der Waals surface area contributed by atoms with Gasteiger partial charge in [-0.3, -0.25) is 9.59 Å². The largest absolute Gasteiger partial charge is 0.507 e. The maximum Gasteiger partial charge on any atom is 0.338 e. The van der Waals surface area contributed by atoms with E-state index >= 15 is 0 Å². The van der Waals surface area contributed by atoms with E-state index in [-0.39, 0.29) is 30.6 Å². The summed E-state index contributed by atoms with van der Waals surface area (Å²) in [5.74, 6) is -1.49. The lowest BCUT2D eigenvalue weighted by molar-refractivity contribution is -0.140. The zero-order chi connectivity index (χ0) is 27.4. The summed E-state index contributed by atoms with van der Waals surface area (Å²) in [6, 6.07) is 20.2. The molecule has 1 aliphatic heterocycles. The summed E-state index contributed by atoms with van der Waals surface area (Å²) in [7, 11) is 0. The Bertz CT molecular complexity index is 1370. The number of aliphatic hydroxyl groups excluding tert-OH is 1. The van der Waals surface area contributed by atoms with E-state index in [0.717, 1.165) is 11.1 Å². The van der Waals surface area contributed by atoms with Crippen LogP contribution in [0.15, 0.2) is 78.4 Å². The molecule has 1 fully saturated rings. The summed E-state index contributed by atoms with van der Waals surface area (Å²) in [6.45, 7) is 7.89. The van der Waals surface area contributed by atoms with Gasteiger partial charge in [0.15, 0.2) is 0 Å². The second-order valence-electron chi connectivity index (χ2n) is 9.45. The number of ketones is 1. The molecule has 196 valence electrons. The lowest BCUT2D eigenvalue weighted by Gasteiger charge is -2.26. The van der Waals surface area contributed by atoms with Gasteiger partial charge in [-0.2, -0.15) is 0 Å². The second-order valence-corrected chi connectivity index (χ2v) is 9.45. The van der Waals surface area contributed by atoms with E-state index in [9.17, 15) is 19.5 Å². The van der Waals surface area contributed by atoms with Gasteiger partial charge in [-0.1, -0.05) is 42.0 Å². The Labute approximate surface area is 222 Å². The molecule has 7 heteroatoms. The first kappa shape index (κ1) is 26.7. The fraction of sp³-hybridized carbons (Fsp3) is 0.258. The van der Waals surface area contributed by atoms with Crippen LogP contribution in [-0.2, 0) is 20.9 Å². The molecule has 1 amide bonds. The first-order valence-electron chi connectivity index (χ1n) is 12.6. The average Bonchev–Trinajstić information content (AvgIpc) is 3.14. The Balaban J connectivity index is 1.74. The molecule has 1 saturated heterocycles. The zero-order valence-corrected chi connectivity index (χ0v) is 21.9. The van der Waals surface area contributed by atoms with Crippen LogP contribution in [0.25, 0.3) is 5.76 Å².